The number of hydrogen-bond donors (Lipinski definition) is 2. The summed E-state index contributed by atoms with van der Waals surface area (Å²) in [5.41, 5.74) is 4.58. The van der Waals surface area contributed by atoms with Gasteiger partial charge in [-0.1, -0.05) is 51.1 Å². The van der Waals surface area contributed by atoms with E-state index in [1.807, 2.05) is 55.5 Å². The predicted octanol–water partition coefficient (Wildman–Crippen LogP) is 6.65. The van der Waals surface area contributed by atoms with Crippen molar-refractivity contribution in [2.75, 3.05) is 17.7 Å². The minimum absolute atomic E-state index is 0.133. The van der Waals surface area contributed by atoms with E-state index in [4.69, 9.17) is 4.74 Å². The predicted molar refractivity (Wildman–Crippen MR) is 144 cm³/mol. The molecule has 1 atom stereocenters. The van der Waals surface area contributed by atoms with Crippen LogP contribution in [-0.2, 0) is 24.1 Å². The number of anilines is 2. The van der Waals surface area contributed by atoms with Crippen molar-refractivity contribution in [3.8, 4) is 5.75 Å². The number of thiophene rings is 1. The van der Waals surface area contributed by atoms with E-state index in [-0.39, 0.29) is 23.7 Å². The van der Waals surface area contributed by atoms with E-state index in [0.29, 0.717) is 16.5 Å². The first kappa shape index (κ1) is 25.0. The Kier molecular flexibility index (Phi) is 7.31. The number of amides is 2. The second-order valence-electron chi connectivity index (χ2n) is 10.4. The second kappa shape index (κ2) is 10.2. The average molecular weight is 491 g/mol. The maximum Gasteiger partial charge on any atom is 0.258 e. The number of hydrogen-bond acceptors (Lipinski definition) is 4. The molecule has 3 aromatic rings. The van der Waals surface area contributed by atoms with E-state index < -0.39 is 0 Å². The highest BCUT2D eigenvalue weighted by Crippen LogP contribution is 2.44. The summed E-state index contributed by atoms with van der Waals surface area (Å²) in [6, 6.07) is 15.2. The molecule has 1 aromatic heterocycles. The molecule has 1 aliphatic rings. The maximum absolute atomic E-state index is 13.5. The Morgan fingerprint density at radius 2 is 1.77 bits per heavy atom. The van der Waals surface area contributed by atoms with Crippen LogP contribution in [0.3, 0.4) is 0 Å². The van der Waals surface area contributed by atoms with Gasteiger partial charge in [0.25, 0.3) is 5.91 Å². The Hall–Kier alpha value is -3.12. The first-order valence-electron chi connectivity index (χ1n) is 12.1. The summed E-state index contributed by atoms with van der Waals surface area (Å²) in [5, 5.41) is 6.80. The molecule has 0 fully saturated rings. The van der Waals surface area contributed by atoms with Crippen LogP contribution in [0, 0.1) is 18.3 Å². The normalized spacial score (nSPS) is 15.3. The Morgan fingerprint density at radius 3 is 2.43 bits per heavy atom. The first-order chi connectivity index (χ1) is 16.7. The fourth-order valence-electron chi connectivity index (χ4n) is 4.65. The molecule has 0 bridgehead atoms. The Bertz CT molecular complexity index is 1220. The van der Waals surface area contributed by atoms with Crippen molar-refractivity contribution < 1.29 is 14.3 Å². The van der Waals surface area contributed by atoms with Gasteiger partial charge in [0, 0.05) is 10.6 Å². The number of carbonyl (C=O) groups excluding carboxylic acids is 2. The molecule has 2 amide bonds. The lowest BCUT2D eigenvalue weighted by molar-refractivity contribution is -0.115. The smallest absolute Gasteiger partial charge is 0.258 e. The van der Waals surface area contributed by atoms with Crippen LogP contribution >= 0.6 is 11.3 Å². The van der Waals surface area contributed by atoms with Gasteiger partial charge in [-0.3, -0.25) is 9.59 Å². The van der Waals surface area contributed by atoms with Gasteiger partial charge in [0.15, 0.2) is 0 Å². The zero-order chi connectivity index (χ0) is 25.2. The highest BCUT2D eigenvalue weighted by molar-refractivity contribution is 7.17. The van der Waals surface area contributed by atoms with Crippen molar-refractivity contribution in [1.29, 1.82) is 0 Å². The number of para-hydroxylation sites is 1. The van der Waals surface area contributed by atoms with Gasteiger partial charge < -0.3 is 15.4 Å². The summed E-state index contributed by atoms with van der Waals surface area (Å²) < 4.78 is 5.20. The van der Waals surface area contributed by atoms with E-state index >= 15 is 0 Å². The highest BCUT2D eigenvalue weighted by Gasteiger charge is 2.34. The van der Waals surface area contributed by atoms with Crippen molar-refractivity contribution in [1.82, 2.24) is 0 Å². The highest BCUT2D eigenvalue weighted by atomic mass is 32.1. The van der Waals surface area contributed by atoms with Crippen molar-refractivity contribution in [3.63, 3.8) is 0 Å². The molecule has 4 rings (SSSR count). The van der Waals surface area contributed by atoms with Crippen LogP contribution < -0.4 is 15.4 Å². The number of methoxy groups -OCH3 is 1. The molecule has 2 N–H and O–H groups in total. The molecule has 5 nitrogen and oxygen atoms in total. The third-order valence-electron chi connectivity index (χ3n) is 6.89. The standard InChI is InChI=1S/C29H34N2O3S/c1-18-8-6-7-9-23(18)30-27(33)26-22-15-12-20(29(2,3)4)17-24(22)35-28(26)31-25(32)16-19-10-13-21(34-5)14-11-19/h6-11,13-14,20H,12,15-17H2,1-5H3,(H,30,33)(H,31,32). The lowest BCUT2D eigenvalue weighted by Crippen LogP contribution is -2.27. The molecule has 0 saturated heterocycles. The zero-order valence-electron chi connectivity index (χ0n) is 21.2. The van der Waals surface area contributed by atoms with E-state index in [2.05, 4.69) is 31.4 Å². The zero-order valence-corrected chi connectivity index (χ0v) is 22.0. The summed E-state index contributed by atoms with van der Waals surface area (Å²) in [5.74, 6) is 1.00. The van der Waals surface area contributed by atoms with Crippen molar-refractivity contribution >= 4 is 33.8 Å². The van der Waals surface area contributed by atoms with Gasteiger partial charge in [0.2, 0.25) is 5.91 Å². The number of ether oxygens (including phenoxy) is 1. The third-order valence-corrected chi connectivity index (χ3v) is 8.06. The van der Waals surface area contributed by atoms with E-state index in [9.17, 15) is 9.59 Å². The number of carbonyl (C=O) groups is 2. The summed E-state index contributed by atoms with van der Waals surface area (Å²) in [7, 11) is 1.62. The summed E-state index contributed by atoms with van der Waals surface area (Å²) in [4.78, 5) is 27.7. The lowest BCUT2D eigenvalue weighted by atomic mass is 9.72. The van der Waals surface area contributed by atoms with Crippen LogP contribution in [0.25, 0.3) is 0 Å². The van der Waals surface area contributed by atoms with Crippen molar-refractivity contribution in [3.05, 3.63) is 75.7 Å². The van der Waals surface area contributed by atoms with Crippen LogP contribution in [0.2, 0.25) is 0 Å². The van der Waals surface area contributed by atoms with Crippen LogP contribution in [0.15, 0.2) is 48.5 Å². The number of fused-ring (bicyclic) bond motifs is 1. The third kappa shape index (κ3) is 5.76. The van der Waals surface area contributed by atoms with Gasteiger partial charge in [0.1, 0.15) is 10.8 Å². The van der Waals surface area contributed by atoms with Gasteiger partial charge in [-0.25, -0.2) is 0 Å². The fourth-order valence-corrected chi connectivity index (χ4v) is 5.99. The molecule has 1 aliphatic carbocycles. The Balaban J connectivity index is 1.62. The molecule has 0 spiro atoms. The van der Waals surface area contributed by atoms with Crippen molar-refractivity contribution in [2.24, 2.45) is 11.3 Å². The second-order valence-corrected chi connectivity index (χ2v) is 11.5. The molecular weight excluding hydrogens is 456 g/mol. The molecule has 0 aliphatic heterocycles. The number of aryl methyl sites for hydroxylation is 1. The molecule has 6 heteroatoms. The first-order valence-corrected chi connectivity index (χ1v) is 12.9. The average Bonchev–Trinajstić information content (AvgIpc) is 3.17. The molecule has 184 valence electrons. The molecule has 2 aromatic carbocycles. The molecule has 1 unspecified atom stereocenters. The number of benzene rings is 2. The van der Waals surface area contributed by atoms with Gasteiger partial charge in [-0.05, 0) is 72.4 Å². The van der Waals surface area contributed by atoms with Crippen molar-refractivity contribution in [2.45, 2.75) is 53.4 Å². The Morgan fingerprint density at radius 1 is 1.06 bits per heavy atom. The molecule has 35 heavy (non-hydrogen) atoms. The molecular formula is C29H34N2O3S. The van der Waals surface area contributed by atoms with E-state index in [1.165, 1.54) is 4.88 Å². The Labute approximate surface area is 211 Å². The van der Waals surface area contributed by atoms with Gasteiger partial charge in [-0.15, -0.1) is 11.3 Å². The van der Waals surface area contributed by atoms with E-state index in [1.54, 1.807) is 18.4 Å². The maximum atomic E-state index is 13.5. The lowest BCUT2D eigenvalue weighted by Gasteiger charge is -2.33. The van der Waals surface area contributed by atoms with Gasteiger partial charge in [-0.2, -0.15) is 0 Å². The minimum Gasteiger partial charge on any atom is -0.497 e. The van der Waals surface area contributed by atoms with Gasteiger partial charge in [0.05, 0.1) is 19.1 Å². The summed E-state index contributed by atoms with van der Waals surface area (Å²) >= 11 is 1.56. The quantitative estimate of drug-likeness (QED) is 0.406. The van der Waals surface area contributed by atoms with Crippen LogP contribution in [0.1, 0.15) is 59.1 Å². The summed E-state index contributed by atoms with van der Waals surface area (Å²) in [6.45, 7) is 8.81. The number of rotatable bonds is 6. The molecule has 0 saturated carbocycles. The number of nitrogens with one attached hydrogen (secondary N) is 2. The topological polar surface area (TPSA) is 67.4 Å². The SMILES string of the molecule is COc1ccc(CC(=O)Nc2sc3c(c2C(=O)Nc2ccccc2C)CCC(C(C)(C)C)C3)cc1. The fraction of sp³-hybridized carbons (Fsp3) is 0.379. The van der Waals surface area contributed by atoms with Gasteiger partial charge >= 0.3 is 0 Å². The molecule has 1 heterocycles. The van der Waals surface area contributed by atoms with E-state index in [0.717, 1.165) is 47.4 Å². The van der Waals surface area contributed by atoms with Crippen LogP contribution in [0.4, 0.5) is 10.7 Å². The minimum atomic E-state index is -0.161. The molecule has 0 radical (unpaired) electrons. The van der Waals surface area contributed by atoms with Crippen LogP contribution in [0.5, 0.6) is 5.75 Å². The summed E-state index contributed by atoms with van der Waals surface area (Å²) in [6.07, 6.45) is 3.05. The largest absolute Gasteiger partial charge is 0.497 e. The monoisotopic (exact) mass is 490 g/mol. The van der Waals surface area contributed by atoms with Crippen LogP contribution in [-0.4, -0.2) is 18.9 Å².